The molecule has 0 unspecified atom stereocenters. The van der Waals surface area contributed by atoms with Gasteiger partial charge in [0.25, 0.3) is 0 Å². The third-order valence-corrected chi connectivity index (χ3v) is 5.30. The number of rotatable bonds is 11. The van der Waals surface area contributed by atoms with Crippen molar-refractivity contribution < 1.29 is 23.9 Å². The third kappa shape index (κ3) is 7.58. The van der Waals surface area contributed by atoms with E-state index in [-0.39, 0.29) is 31.0 Å². The number of oxime groups is 1. The maximum atomic E-state index is 13.3. The average Bonchev–Trinajstić information content (AvgIpc) is 3.23. The summed E-state index contributed by atoms with van der Waals surface area (Å²) >= 11 is 5.96. The van der Waals surface area contributed by atoms with Gasteiger partial charge in [-0.3, -0.25) is 9.69 Å². The number of hydrogen-bond donors (Lipinski definition) is 1. The summed E-state index contributed by atoms with van der Waals surface area (Å²) in [5.41, 5.74) is 2.69. The highest BCUT2D eigenvalue weighted by Gasteiger charge is 2.26. The zero-order valence-electron chi connectivity index (χ0n) is 18.0. The van der Waals surface area contributed by atoms with Gasteiger partial charge in [-0.25, -0.2) is 4.39 Å². The fraction of sp³-hybridized carbons (Fsp3) is 0.417. The molecule has 0 fully saturated rings. The molecule has 6 nitrogen and oxygen atoms in total. The zero-order valence-corrected chi connectivity index (χ0v) is 18.8. The van der Waals surface area contributed by atoms with Crippen molar-refractivity contribution in [1.82, 2.24) is 4.90 Å². The van der Waals surface area contributed by atoms with Crippen LogP contribution in [0.4, 0.5) is 4.39 Å². The van der Waals surface area contributed by atoms with Crippen LogP contribution < -0.4 is 0 Å². The lowest BCUT2D eigenvalue weighted by Crippen LogP contribution is -2.39. The largest absolute Gasteiger partial charge is 0.463 e. The number of halogens is 2. The second-order valence-corrected chi connectivity index (χ2v) is 8.32. The number of aliphatic hydroxyl groups is 1. The molecule has 0 aliphatic carbocycles. The van der Waals surface area contributed by atoms with E-state index in [0.29, 0.717) is 37.4 Å². The Bertz CT molecular complexity index is 905. The van der Waals surface area contributed by atoms with E-state index in [1.54, 1.807) is 12.1 Å². The van der Waals surface area contributed by atoms with Crippen molar-refractivity contribution in [2.24, 2.45) is 5.16 Å². The number of aliphatic hydroxyl groups excluding tert-OH is 1. The van der Waals surface area contributed by atoms with Gasteiger partial charge in [0.1, 0.15) is 24.6 Å². The van der Waals surface area contributed by atoms with Gasteiger partial charge in [-0.1, -0.05) is 47.9 Å². The van der Waals surface area contributed by atoms with Gasteiger partial charge in [-0.2, -0.15) is 0 Å². The first-order chi connectivity index (χ1) is 15.4. The molecule has 0 aromatic heterocycles. The molecule has 1 aliphatic rings. The SMILES string of the molecule is CCCC(=O)OC[C@@H](O)CN(Cc1ccc(F)cc1)C[C@@H]1CC(c2ccc(Cl)cc2)=NO1. The molecule has 1 N–H and O–H groups in total. The van der Waals surface area contributed by atoms with Gasteiger partial charge in [-0.05, 0) is 41.8 Å². The van der Waals surface area contributed by atoms with Gasteiger partial charge >= 0.3 is 5.97 Å². The molecule has 8 heteroatoms. The Hall–Kier alpha value is -2.48. The third-order valence-electron chi connectivity index (χ3n) is 5.05. The van der Waals surface area contributed by atoms with Crippen LogP contribution in [0.3, 0.4) is 0 Å². The Labute approximate surface area is 192 Å². The molecule has 0 saturated carbocycles. The minimum Gasteiger partial charge on any atom is -0.463 e. The Morgan fingerprint density at radius 1 is 1.28 bits per heavy atom. The van der Waals surface area contributed by atoms with Crippen molar-refractivity contribution in [2.45, 2.75) is 44.9 Å². The normalized spacial score (nSPS) is 16.5. The summed E-state index contributed by atoms with van der Waals surface area (Å²) in [5.74, 6) is -0.625. The van der Waals surface area contributed by atoms with E-state index < -0.39 is 6.10 Å². The Morgan fingerprint density at radius 3 is 2.69 bits per heavy atom. The number of nitrogens with zero attached hydrogens (tertiary/aromatic N) is 2. The monoisotopic (exact) mass is 462 g/mol. The maximum absolute atomic E-state index is 13.3. The summed E-state index contributed by atoms with van der Waals surface area (Å²) in [7, 11) is 0. The summed E-state index contributed by atoms with van der Waals surface area (Å²) in [4.78, 5) is 19.2. The summed E-state index contributed by atoms with van der Waals surface area (Å²) in [6.45, 7) is 3.07. The summed E-state index contributed by atoms with van der Waals surface area (Å²) in [6, 6.07) is 13.7. The van der Waals surface area contributed by atoms with Crippen LogP contribution in [0.2, 0.25) is 5.02 Å². The highest BCUT2D eigenvalue weighted by atomic mass is 35.5. The van der Waals surface area contributed by atoms with Gasteiger partial charge < -0.3 is 14.7 Å². The van der Waals surface area contributed by atoms with Gasteiger partial charge in [0.05, 0.1) is 5.71 Å². The van der Waals surface area contributed by atoms with Crippen molar-refractivity contribution in [3.8, 4) is 0 Å². The standard InChI is InChI=1S/C24H28ClFN2O4/c1-2-3-24(30)31-16-21(29)14-28(13-17-4-10-20(26)11-5-17)15-22-12-23(27-32-22)18-6-8-19(25)9-7-18/h4-11,21-22,29H,2-3,12-16H2,1H3/t21-,22-/m0/s1. The van der Waals surface area contributed by atoms with Crippen LogP contribution >= 0.6 is 11.6 Å². The number of ether oxygens (including phenoxy) is 1. The van der Waals surface area contributed by atoms with Crippen LogP contribution in [0.25, 0.3) is 0 Å². The van der Waals surface area contributed by atoms with Crippen LogP contribution in [0.5, 0.6) is 0 Å². The number of hydrogen-bond acceptors (Lipinski definition) is 6. The molecule has 0 spiro atoms. The van der Waals surface area contributed by atoms with E-state index in [1.807, 2.05) is 36.1 Å². The molecule has 32 heavy (non-hydrogen) atoms. The quantitative estimate of drug-likeness (QED) is 0.507. The molecule has 1 aliphatic heterocycles. The number of carbonyl (C=O) groups is 1. The van der Waals surface area contributed by atoms with Crippen LogP contribution in [0.15, 0.2) is 53.7 Å². The average molecular weight is 463 g/mol. The second kappa shape index (κ2) is 11.9. The molecular formula is C24H28ClFN2O4. The predicted octanol–water partition coefficient (Wildman–Crippen LogP) is 4.18. The predicted molar refractivity (Wildman–Crippen MR) is 121 cm³/mol. The van der Waals surface area contributed by atoms with E-state index in [4.69, 9.17) is 21.2 Å². The molecule has 2 atom stereocenters. The van der Waals surface area contributed by atoms with Crippen LogP contribution in [-0.2, 0) is 20.9 Å². The molecule has 1 heterocycles. The number of carbonyl (C=O) groups excluding carboxylic acids is 1. The van der Waals surface area contributed by atoms with Crippen molar-refractivity contribution in [2.75, 3.05) is 19.7 Å². The number of esters is 1. The fourth-order valence-corrected chi connectivity index (χ4v) is 3.62. The lowest BCUT2D eigenvalue weighted by molar-refractivity contribution is -0.147. The van der Waals surface area contributed by atoms with Gasteiger partial charge in [0.2, 0.25) is 0 Å². The molecule has 0 saturated heterocycles. The highest BCUT2D eigenvalue weighted by molar-refractivity contribution is 6.30. The van der Waals surface area contributed by atoms with Crippen molar-refractivity contribution >= 4 is 23.3 Å². The summed E-state index contributed by atoms with van der Waals surface area (Å²) < 4.78 is 18.4. The van der Waals surface area contributed by atoms with Gasteiger partial charge in [-0.15, -0.1) is 0 Å². The van der Waals surface area contributed by atoms with E-state index in [9.17, 15) is 14.3 Å². The van der Waals surface area contributed by atoms with E-state index in [2.05, 4.69) is 5.16 Å². The molecule has 172 valence electrons. The molecule has 3 rings (SSSR count). The van der Waals surface area contributed by atoms with Crippen molar-refractivity contribution in [1.29, 1.82) is 0 Å². The van der Waals surface area contributed by atoms with Gasteiger partial charge in [0.15, 0.2) is 0 Å². The van der Waals surface area contributed by atoms with E-state index in [1.165, 1.54) is 12.1 Å². The van der Waals surface area contributed by atoms with Crippen molar-refractivity contribution in [3.63, 3.8) is 0 Å². The van der Waals surface area contributed by atoms with Crippen LogP contribution in [0.1, 0.15) is 37.3 Å². The number of benzene rings is 2. The summed E-state index contributed by atoms with van der Waals surface area (Å²) in [6.07, 6.45) is 0.585. The highest BCUT2D eigenvalue weighted by Crippen LogP contribution is 2.20. The smallest absolute Gasteiger partial charge is 0.305 e. The Kier molecular flexibility index (Phi) is 9.02. The van der Waals surface area contributed by atoms with Crippen LogP contribution in [-0.4, -0.2) is 53.6 Å². The minimum atomic E-state index is -0.852. The topological polar surface area (TPSA) is 71.4 Å². The maximum Gasteiger partial charge on any atom is 0.305 e. The molecule has 2 aromatic rings. The fourth-order valence-electron chi connectivity index (χ4n) is 3.49. The Balaban J connectivity index is 1.59. The molecule has 0 amide bonds. The molecule has 2 aromatic carbocycles. The van der Waals surface area contributed by atoms with E-state index >= 15 is 0 Å². The lowest BCUT2D eigenvalue weighted by Gasteiger charge is -2.27. The summed E-state index contributed by atoms with van der Waals surface area (Å²) in [5, 5.41) is 15.3. The van der Waals surface area contributed by atoms with Crippen LogP contribution in [0, 0.1) is 5.82 Å². The molecule has 0 bridgehead atoms. The van der Waals surface area contributed by atoms with Gasteiger partial charge in [0, 0.05) is 37.5 Å². The first-order valence-corrected chi connectivity index (χ1v) is 11.1. The molecular weight excluding hydrogens is 435 g/mol. The second-order valence-electron chi connectivity index (χ2n) is 7.88. The van der Waals surface area contributed by atoms with E-state index in [0.717, 1.165) is 16.8 Å². The lowest BCUT2D eigenvalue weighted by atomic mass is 10.0. The first-order valence-electron chi connectivity index (χ1n) is 10.7. The zero-order chi connectivity index (χ0) is 22.9. The first kappa shape index (κ1) is 24.2. The Morgan fingerprint density at radius 2 is 2.00 bits per heavy atom. The molecule has 0 radical (unpaired) electrons. The van der Waals surface area contributed by atoms with Crippen molar-refractivity contribution in [3.05, 3.63) is 70.5 Å². The minimum absolute atomic E-state index is 0.0726.